The molecule has 0 atom stereocenters. The van der Waals surface area contributed by atoms with Crippen LogP contribution in [0.15, 0.2) is 23.3 Å². The van der Waals surface area contributed by atoms with E-state index in [4.69, 9.17) is 0 Å². The van der Waals surface area contributed by atoms with E-state index in [1.165, 1.54) is 61.8 Å². The Bertz CT molecular complexity index is 435. The predicted octanol–water partition coefficient (Wildman–Crippen LogP) is 4.95. The van der Waals surface area contributed by atoms with Crippen LogP contribution in [-0.2, 0) is 6.42 Å². The second kappa shape index (κ2) is 7.32. The zero-order valence-corrected chi connectivity index (χ0v) is 12.3. The third-order valence-corrected chi connectivity index (χ3v) is 3.76. The Kier molecular flexibility index (Phi) is 5.44. The number of hydrogen-bond acceptors (Lipinski definition) is 1. The molecule has 1 radical (unpaired) electrons. The topological polar surface area (TPSA) is 26.5 Å². The van der Waals surface area contributed by atoms with Crippen molar-refractivity contribution in [1.82, 2.24) is 5.43 Å². The lowest BCUT2D eigenvalue weighted by atomic mass is 9.94. The molecule has 2 rings (SSSR count). The van der Waals surface area contributed by atoms with E-state index >= 15 is 0 Å². The van der Waals surface area contributed by atoms with Crippen molar-refractivity contribution in [3.05, 3.63) is 29.3 Å². The smallest absolute Gasteiger partial charge is 0.0950 e. The van der Waals surface area contributed by atoms with Crippen molar-refractivity contribution in [1.29, 1.82) is 0 Å². The highest BCUT2D eigenvalue weighted by molar-refractivity contribution is 6.07. The van der Waals surface area contributed by atoms with Gasteiger partial charge in [0, 0.05) is 5.56 Å². The van der Waals surface area contributed by atoms with Crippen LogP contribution in [-0.4, -0.2) is 5.71 Å². The molecule has 0 unspecified atom stereocenters. The number of unbranched alkanes of at least 4 members (excludes halogenated alkanes) is 4. The van der Waals surface area contributed by atoms with Crippen LogP contribution < -0.4 is 5.43 Å². The van der Waals surface area contributed by atoms with Gasteiger partial charge in [-0.15, -0.1) is 0 Å². The van der Waals surface area contributed by atoms with Gasteiger partial charge < -0.3 is 0 Å². The number of benzene rings is 1. The molecule has 0 aliphatic carbocycles. The highest BCUT2D eigenvalue weighted by atomic mass is 15.3. The molecule has 0 amide bonds. The van der Waals surface area contributed by atoms with Crippen molar-refractivity contribution in [3.63, 3.8) is 0 Å². The van der Waals surface area contributed by atoms with Crippen molar-refractivity contribution in [2.45, 2.75) is 65.2 Å². The van der Waals surface area contributed by atoms with Crippen molar-refractivity contribution >= 4 is 11.4 Å². The van der Waals surface area contributed by atoms with E-state index < -0.39 is 0 Å². The molecule has 1 aromatic carbocycles. The standard InChI is InChI=1S/C17H25N2/c1-3-5-7-10-14-11-9-13-16-17(14)15(18-19-16)12-8-6-4-2/h9,11,13H,3-8,10,12H2,1-2H3. The normalized spacial score (nSPS) is 13.1. The van der Waals surface area contributed by atoms with Gasteiger partial charge in [0.05, 0.1) is 11.4 Å². The van der Waals surface area contributed by atoms with Gasteiger partial charge in [-0.1, -0.05) is 51.7 Å². The van der Waals surface area contributed by atoms with Crippen LogP contribution in [0, 0.1) is 0 Å². The molecule has 0 saturated carbocycles. The number of hydrogen-bond donors (Lipinski definition) is 0. The number of nitrogens with zero attached hydrogens (tertiary/aromatic N) is 2. The Balaban J connectivity index is 2.06. The van der Waals surface area contributed by atoms with Crippen molar-refractivity contribution < 1.29 is 0 Å². The minimum Gasteiger partial charge on any atom is -0.154 e. The molecule has 0 saturated heterocycles. The Morgan fingerprint density at radius 1 is 0.895 bits per heavy atom. The molecule has 0 N–H and O–H groups in total. The first kappa shape index (κ1) is 14.1. The molecule has 1 aromatic rings. The quantitative estimate of drug-likeness (QED) is 0.589. The molecule has 1 aliphatic rings. The average Bonchev–Trinajstić information content (AvgIpc) is 2.84. The molecule has 0 bridgehead atoms. The summed E-state index contributed by atoms with van der Waals surface area (Å²) in [7, 11) is 0. The fourth-order valence-electron chi connectivity index (χ4n) is 2.66. The summed E-state index contributed by atoms with van der Waals surface area (Å²) in [4.78, 5) is 0. The Hall–Kier alpha value is -1.31. The van der Waals surface area contributed by atoms with E-state index in [0.29, 0.717) is 0 Å². The monoisotopic (exact) mass is 257 g/mol. The largest absolute Gasteiger partial charge is 0.154 e. The second-order valence-corrected chi connectivity index (χ2v) is 5.37. The van der Waals surface area contributed by atoms with Crippen molar-refractivity contribution in [2.75, 3.05) is 0 Å². The molecular weight excluding hydrogens is 232 g/mol. The maximum absolute atomic E-state index is 4.41. The number of aryl methyl sites for hydroxylation is 1. The summed E-state index contributed by atoms with van der Waals surface area (Å²) in [5.74, 6) is 0. The van der Waals surface area contributed by atoms with E-state index in [-0.39, 0.29) is 0 Å². The molecule has 0 spiro atoms. The van der Waals surface area contributed by atoms with Crippen LogP contribution in [0.25, 0.3) is 0 Å². The average molecular weight is 257 g/mol. The van der Waals surface area contributed by atoms with Gasteiger partial charge in [0.1, 0.15) is 0 Å². The van der Waals surface area contributed by atoms with Gasteiger partial charge in [-0.2, -0.15) is 10.5 Å². The summed E-state index contributed by atoms with van der Waals surface area (Å²) in [5.41, 5.74) is 9.43. The Morgan fingerprint density at radius 3 is 2.37 bits per heavy atom. The maximum Gasteiger partial charge on any atom is 0.0950 e. The van der Waals surface area contributed by atoms with Gasteiger partial charge >= 0.3 is 0 Å². The van der Waals surface area contributed by atoms with Crippen LogP contribution in [0.3, 0.4) is 0 Å². The maximum atomic E-state index is 4.41. The first-order valence-corrected chi connectivity index (χ1v) is 7.76. The molecule has 1 heterocycles. The molecule has 0 fully saturated rings. The minimum absolute atomic E-state index is 1.08. The van der Waals surface area contributed by atoms with Crippen molar-refractivity contribution in [3.8, 4) is 0 Å². The fourth-order valence-corrected chi connectivity index (χ4v) is 2.66. The zero-order valence-electron chi connectivity index (χ0n) is 12.3. The molecule has 103 valence electrons. The summed E-state index contributed by atoms with van der Waals surface area (Å²) >= 11 is 0. The van der Waals surface area contributed by atoms with Gasteiger partial charge in [0.15, 0.2) is 0 Å². The molecule has 1 aliphatic heterocycles. The number of fused-ring (bicyclic) bond motifs is 1. The first-order chi connectivity index (χ1) is 9.36. The molecule has 2 nitrogen and oxygen atoms in total. The highest BCUT2D eigenvalue weighted by Crippen LogP contribution is 2.29. The third kappa shape index (κ3) is 3.59. The van der Waals surface area contributed by atoms with Gasteiger partial charge in [0.25, 0.3) is 0 Å². The first-order valence-electron chi connectivity index (χ1n) is 7.76. The highest BCUT2D eigenvalue weighted by Gasteiger charge is 2.20. The van der Waals surface area contributed by atoms with Crippen LogP contribution >= 0.6 is 0 Å². The lowest BCUT2D eigenvalue weighted by molar-refractivity contribution is 0.716. The second-order valence-electron chi connectivity index (χ2n) is 5.37. The zero-order chi connectivity index (χ0) is 13.5. The SMILES string of the molecule is CCCCCC1=N[N]c2cccc(CCCCC)c21. The van der Waals surface area contributed by atoms with E-state index in [1.54, 1.807) is 0 Å². The van der Waals surface area contributed by atoms with E-state index in [9.17, 15) is 0 Å². The summed E-state index contributed by atoms with van der Waals surface area (Å²) in [6.45, 7) is 4.49. The van der Waals surface area contributed by atoms with Crippen LogP contribution in [0.4, 0.5) is 5.69 Å². The van der Waals surface area contributed by atoms with E-state index in [0.717, 1.165) is 12.1 Å². The van der Waals surface area contributed by atoms with Gasteiger partial charge in [0.2, 0.25) is 0 Å². The third-order valence-electron chi connectivity index (χ3n) is 3.76. The summed E-state index contributed by atoms with van der Waals surface area (Å²) in [6.07, 6.45) is 9.87. The van der Waals surface area contributed by atoms with Crippen LogP contribution in [0.2, 0.25) is 0 Å². The molecule has 2 heteroatoms. The molecule has 19 heavy (non-hydrogen) atoms. The summed E-state index contributed by atoms with van der Waals surface area (Å²) < 4.78 is 0. The summed E-state index contributed by atoms with van der Waals surface area (Å²) in [6, 6.07) is 6.47. The predicted molar refractivity (Wildman–Crippen MR) is 82.1 cm³/mol. The van der Waals surface area contributed by atoms with Gasteiger partial charge in [-0.3, -0.25) is 0 Å². The van der Waals surface area contributed by atoms with E-state index in [1.807, 2.05) is 0 Å². The minimum atomic E-state index is 1.08. The van der Waals surface area contributed by atoms with Crippen LogP contribution in [0.1, 0.15) is 69.9 Å². The van der Waals surface area contributed by atoms with E-state index in [2.05, 4.69) is 42.6 Å². The lowest BCUT2D eigenvalue weighted by Crippen LogP contribution is -2.02. The lowest BCUT2D eigenvalue weighted by Gasteiger charge is -2.09. The Labute approximate surface area is 117 Å². The molecular formula is C17H25N2. The van der Waals surface area contributed by atoms with Crippen LogP contribution in [0.5, 0.6) is 0 Å². The number of rotatable bonds is 8. The van der Waals surface area contributed by atoms with Crippen molar-refractivity contribution in [2.24, 2.45) is 5.10 Å². The van der Waals surface area contributed by atoms with Gasteiger partial charge in [-0.05, 0) is 37.3 Å². The van der Waals surface area contributed by atoms with Gasteiger partial charge in [-0.25, -0.2) is 0 Å². The Morgan fingerprint density at radius 2 is 1.63 bits per heavy atom. The summed E-state index contributed by atoms with van der Waals surface area (Å²) in [5, 5.41) is 4.41. The fraction of sp³-hybridized carbons (Fsp3) is 0.588. The molecule has 0 aromatic heterocycles.